The number of rotatable bonds is 9. The zero-order valence-corrected chi connectivity index (χ0v) is 17.0. The van der Waals surface area contributed by atoms with Gasteiger partial charge >= 0.3 is 5.97 Å². The molecule has 160 valence electrons. The Balaban J connectivity index is 1.95. The highest BCUT2D eigenvalue weighted by atomic mass is 32.2. The topological polar surface area (TPSA) is 117 Å². The maximum atomic E-state index is 12.9. The van der Waals surface area contributed by atoms with Crippen LogP contribution in [0.3, 0.4) is 0 Å². The molecule has 8 nitrogen and oxygen atoms in total. The predicted molar refractivity (Wildman–Crippen MR) is 106 cm³/mol. The number of hydrogen-bond donors (Lipinski definition) is 4. The van der Waals surface area contributed by atoms with Crippen LogP contribution in [0.4, 0.5) is 4.39 Å². The van der Waals surface area contributed by atoms with Gasteiger partial charge in [-0.25, -0.2) is 9.18 Å². The van der Waals surface area contributed by atoms with E-state index < -0.39 is 30.1 Å². The molecule has 1 aromatic carbocycles. The summed E-state index contributed by atoms with van der Waals surface area (Å²) in [5.41, 5.74) is -1.16. The zero-order chi connectivity index (χ0) is 21.3. The number of carbonyl (C=O) groups is 3. The summed E-state index contributed by atoms with van der Waals surface area (Å²) >= 11 is 1.41. The van der Waals surface area contributed by atoms with Crippen LogP contribution in [0.1, 0.15) is 19.3 Å². The molecule has 0 radical (unpaired) electrons. The fourth-order valence-corrected chi connectivity index (χ4v) is 3.85. The van der Waals surface area contributed by atoms with Crippen molar-refractivity contribution in [3.8, 4) is 0 Å². The number of esters is 1. The molecular formula is C19H26FN3O5S. The Kier molecular flexibility index (Phi) is 8.87. The van der Waals surface area contributed by atoms with Crippen LogP contribution in [0.15, 0.2) is 29.2 Å². The lowest BCUT2D eigenvalue weighted by Crippen LogP contribution is -2.65. The number of amides is 2. The SMILES string of the molecule is COC(=O)C(CO)NC(=O)C1(NC(=O)CCSc2ccc(F)cc2)CCNCC1. The van der Waals surface area contributed by atoms with E-state index in [0.29, 0.717) is 31.7 Å². The molecule has 1 aliphatic heterocycles. The second kappa shape index (κ2) is 11.1. The number of carbonyl (C=O) groups excluding carboxylic acids is 3. The Morgan fingerprint density at radius 3 is 2.52 bits per heavy atom. The molecule has 1 atom stereocenters. The number of ether oxygens (including phenoxy) is 1. The Bertz CT molecular complexity index is 710. The number of aliphatic hydroxyl groups is 1. The van der Waals surface area contributed by atoms with Crippen LogP contribution in [-0.2, 0) is 19.1 Å². The largest absolute Gasteiger partial charge is 0.467 e. The van der Waals surface area contributed by atoms with Crippen LogP contribution in [0.5, 0.6) is 0 Å². The van der Waals surface area contributed by atoms with E-state index in [1.54, 1.807) is 12.1 Å². The van der Waals surface area contributed by atoms with E-state index in [9.17, 15) is 23.9 Å². The number of hydrogen-bond acceptors (Lipinski definition) is 7. The van der Waals surface area contributed by atoms with Gasteiger partial charge in [-0.1, -0.05) is 0 Å². The molecule has 2 amide bonds. The lowest BCUT2D eigenvalue weighted by Gasteiger charge is -2.37. The average molecular weight is 427 g/mol. The van der Waals surface area contributed by atoms with Crippen molar-refractivity contribution in [1.29, 1.82) is 0 Å². The van der Waals surface area contributed by atoms with Crippen LogP contribution >= 0.6 is 11.8 Å². The summed E-state index contributed by atoms with van der Waals surface area (Å²) in [7, 11) is 1.16. The molecule has 1 heterocycles. The first-order valence-corrected chi connectivity index (χ1v) is 10.3. The summed E-state index contributed by atoms with van der Waals surface area (Å²) in [6.45, 7) is 0.453. The van der Waals surface area contributed by atoms with E-state index in [2.05, 4.69) is 20.7 Å². The molecule has 1 aromatic rings. The van der Waals surface area contributed by atoms with Gasteiger partial charge in [0.1, 0.15) is 11.4 Å². The molecular weight excluding hydrogens is 401 g/mol. The van der Waals surface area contributed by atoms with Crippen molar-refractivity contribution in [3.63, 3.8) is 0 Å². The number of thioether (sulfide) groups is 1. The summed E-state index contributed by atoms with van der Waals surface area (Å²) in [6, 6.07) is 4.80. The van der Waals surface area contributed by atoms with Crippen molar-refractivity contribution in [3.05, 3.63) is 30.1 Å². The Morgan fingerprint density at radius 2 is 1.93 bits per heavy atom. The van der Waals surface area contributed by atoms with Gasteiger partial charge in [-0.2, -0.15) is 0 Å². The van der Waals surface area contributed by atoms with Gasteiger partial charge in [-0.15, -0.1) is 11.8 Å². The van der Waals surface area contributed by atoms with E-state index in [1.807, 2.05) is 0 Å². The quantitative estimate of drug-likeness (QED) is 0.329. The van der Waals surface area contributed by atoms with Gasteiger partial charge in [-0.3, -0.25) is 9.59 Å². The molecule has 0 bridgehead atoms. The summed E-state index contributed by atoms with van der Waals surface area (Å²) in [4.78, 5) is 37.9. The molecule has 1 fully saturated rings. The van der Waals surface area contributed by atoms with Crippen molar-refractivity contribution in [1.82, 2.24) is 16.0 Å². The van der Waals surface area contributed by atoms with Crippen LogP contribution < -0.4 is 16.0 Å². The molecule has 0 saturated carbocycles. The summed E-state index contributed by atoms with van der Waals surface area (Å²) in [5.74, 6) is -1.43. The van der Waals surface area contributed by atoms with Crippen LogP contribution in [-0.4, -0.2) is 67.0 Å². The van der Waals surface area contributed by atoms with E-state index >= 15 is 0 Å². The highest BCUT2D eigenvalue weighted by molar-refractivity contribution is 7.99. The summed E-state index contributed by atoms with van der Waals surface area (Å²) in [6.07, 6.45) is 0.884. The smallest absolute Gasteiger partial charge is 0.330 e. The molecule has 1 saturated heterocycles. The number of benzene rings is 1. The van der Waals surface area contributed by atoms with Crippen LogP contribution in [0, 0.1) is 5.82 Å². The van der Waals surface area contributed by atoms with Crippen molar-refractivity contribution >= 4 is 29.5 Å². The van der Waals surface area contributed by atoms with Crippen molar-refractivity contribution < 1.29 is 28.6 Å². The molecule has 0 spiro atoms. The Hall–Kier alpha value is -2.17. The minimum atomic E-state index is -1.19. The van der Waals surface area contributed by atoms with Gasteiger partial charge < -0.3 is 25.8 Å². The molecule has 0 aromatic heterocycles. The lowest BCUT2D eigenvalue weighted by molar-refractivity contribution is -0.147. The van der Waals surface area contributed by atoms with E-state index in [-0.39, 0.29) is 18.1 Å². The monoisotopic (exact) mass is 427 g/mol. The fraction of sp³-hybridized carbons (Fsp3) is 0.526. The molecule has 4 N–H and O–H groups in total. The average Bonchev–Trinajstić information content (AvgIpc) is 2.73. The number of nitrogens with one attached hydrogen (secondary N) is 3. The third kappa shape index (κ3) is 6.69. The van der Waals surface area contributed by atoms with E-state index in [0.717, 1.165) is 12.0 Å². The minimum absolute atomic E-state index is 0.172. The van der Waals surface area contributed by atoms with Gasteiger partial charge in [0, 0.05) is 17.1 Å². The second-order valence-corrected chi connectivity index (χ2v) is 7.83. The van der Waals surface area contributed by atoms with Gasteiger partial charge in [-0.05, 0) is 50.2 Å². The van der Waals surface area contributed by atoms with E-state index in [4.69, 9.17) is 0 Å². The maximum absolute atomic E-state index is 12.9. The van der Waals surface area contributed by atoms with Crippen LogP contribution in [0.2, 0.25) is 0 Å². The third-order valence-corrected chi connectivity index (χ3v) is 5.67. The molecule has 1 unspecified atom stereocenters. The molecule has 1 aliphatic rings. The Morgan fingerprint density at radius 1 is 1.28 bits per heavy atom. The zero-order valence-electron chi connectivity index (χ0n) is 16.2. The highest BCUT2D eigenvalue weighted by Crippen LogP contribution is 2.21. The fourth-order valence-electron chi connectivity index (χ4n) is 3.00. The van der Waals surface area contributed by atoms with Gasteiger partial charge in [0.05, 0.1) is 13.7 Å². The van der Waals surface area contributed by atoms with Crippen LogP contribution in [0.25, 0.3) is 0 Å². The highest BCUT2D eigenvalue weighted by Gasteiger charge is 2.42. The predicted octanol–water partition coefficient (Wildman–Crippen LogP) is 0.196. The van der Waals surface area contributed by atoms with Gasteiger partial charge in [0.15, 0.2) is 6.04 Å². The normalized spacial score (nSPS) is 16.5. The van der Waals surface area contributed by atoms with Gasteiger partial charge in [0.2, 0.25) is 11.8 Å². The first-order chi connectivity index (χ1) is 13.9. The van der Waals surface area contributed by atoms with Crippen molar-refractivity contribution in [2.45, 2.75) is 35.7 Å². The summed E-state index contributed by atoms with van der Waals surface area (Å²) < 4.78 is 17.5. The first-order valence-electron chi connectivity index (χ1n) is 9.30. The number of piperidine rings is 1. The second-order valence-electron chi connectivity index (χ2n) is 6.66. The Labute approximate surface area is 173 Å². The standard InChI is InChI=1S/C19H26FN3O5S/c1-28-17(26)15(12-24)22-18(27)19(7-9-21-10-8-19)23-16(25)6-11-29-14-4-2-13(20)3-5-14/h2-5,15,21,24H,6-12H2,1H3,(H,22,27)(H,23,25). The lowest BCUT2D eigenvalue weighted by atomic mass is 9.86. The maximum Gasteiger partial charge on any atom is 0.330 e. The van der Waals surface area contributed by atoms with Crippen molar-refractivity contribution in [2.24, 2.45) is 0 Å². The third-order valence-electron chi connectivity index (χ3n) is 4.66. The first kappa shape index (κ1) is 23.1. The number of halogens is 1. The van der Waals surface area contributed by atoms with Gasteiger partial charge in [0.25, 0.3) is 0 Å². The molecule has 2 rings (SSSR count). The molecule has 29 heavy (non-hydrogen) atoms. The van der Waals surface area contributed by atoms with E-state index in [1.165, 1.54) is 23.9 Å². The molecule has 10 heteroatoms. The van der Waals surface area contributed by atoms with Crippen molar-refractivity contribution in [2.75, 3.05) is 32.6 Å². The summed E-state index contributed by atoms with van der Waals surface area (Å²) in [5, 5.41) is 17.8. The number of methoxy groups -OCH3 is 1. The molecule has 0 aliphatic carbocycles. The minimum Gasteiger partial charge on any atom is -0.467 e. The number of aliphatic hydroxyl groups excluding tert-OH is 1.